The molecule has 0 aliphatic heterocycles. The Bertz CT molecular complexity index is 709. The molecule has 0 spiro atoms. The first-order valence-corrected chi connectivity index (χ1v) is 6.92. The summed E-state index contributed by atoms with van der Waals surface area (Å²) >= 11 is 0. The van der Waals surface area contributed by atoms with E-state index in [2.05, 4.69) is 15.5 Å². The van der Waals surface area contributed by atoms with Gasteiger partial charge in [-0.05, 0) is 24.3 Å². The number of aromatic nitrogens is 1. The lowest BCUT2D eigenvalue weighted by Gasteiger charge is -2.15. The Labute approximate surface area is 130 Å². The minimum Gasteiger partial charge on any atom is -0.378 e. The molecular weight excluding hydrogens is 278 g/mol. The molecule has 22 heavy (non-hydrogen) atoms. The van der Waals surface area contributed by atoms with Crippen molar-refractivity contribution in [2.45, 2.75) is 6.92 Å². The largest absolute Gasteiger partial charge is 0.378 e. The zero-order chi connectivity index (χ0) is 16.1. The van der Waals surface area contributed by atoms with E-state index in [-0.39, 0.29) is 5.91 Å². The van der Waals surface area contributed by atoms with Crippen molar-refractivity contribution < 1.29 is 9.36 Å². The lowest BCUT2D eigenvalue weighted by atomic mass is 10.2. The molecule has 0 atom stereocenters. The van der Waals surface area contributed by atoms with Gasteiger partial charge in [0.2, 0.25) is 5.91 Å². The van der Waals surface area contributed by atoms with Crippen molar-refractivity contribution in [1.29, 1.82) is 0 Å². The van der Waals surface area contributed by atoms with E-state index in [9.17, 15) is 4.79 Å². The molecule has 0 aliphatic carbocycles. The minimum atomic E-state index is -0.140. The molecule has 0 saturated carbocycles. The summed E-state index contributed by atoms with van der Waals surface area (Å²) in [6.45, 7) is 1.47. The Morgan fingerprint density at radius 1 is 1.23 bits per heavy atom. The van der Waals surface area contributed by atoms with Crippen LogP contribution in [0.15, 0.2) is 53.0 Å². The van der Waals surface area contributed by atoms with Crippen LogP contribution in [-0.2, 0) is 11.8 Å². The Morgan fingerprint density at radius 2 is 2.00 bits per heavy atom. The summed E-state index contributed by atoms with van der Waals surface area (Å²) in [5, 5.41) is 11.3. The summed E-state index contributed by atoms with van der Waals surface area (Å²) in [5.41, 5.74) is 2.99. The number of hydrogen-bond donors (Lipinski definition) is 1. The van der Waals surface area contributed by atoms with E-state index in [1.165, 1.54) is 6.92 Å². The number of aryl methyl sites for hydroxylation is 1. The molecule has 6 nitrogen and oxygen atoms in total. The molecule has 2 rings (SSSR count). The van der Waals surface area contributed by atoms with Crippen LogP contribution < -0.4 is 14.8 Å². The Morgan fingerprint density at radius 3 is 2.64 bits per heavy atom. The fraction of sp³-hybridized carbons (Fsp3) is 0.250. The van der Waals surface area contributed by atoms with Crippen LogP contribution in [0, 0.1) is 0 Å². The molecule has 114 valence electrons. The molecule has 0 fully saturated rings. The van der Waals surface area contributed by atoms with Crippen LogP contribution >= 0.6 is 0 Å². The van der Waals surface area contributed by atoms with E-state index in [1.807, 2.05) is 73.3 Å². The number of carbonyl (C=O) groups excluding carboxylic acids is 1. The van der Waals surface area contributed by atoms with Gasteiger partial charge in [0.25, 0.3) is 0 Å². The number of hydrogen-bond acceptors (Lipinski definition) is 4. The average molecular weight is 298 g/mol. The van der Waals surface area contributed by atoms with Gasteiger partial charge in [-0.15, -0.1) is 10.2 Å². The van der Waals surface area contributed by atoms with Crippen molar-refractivity contribution in [3.05, 3.63) is 42.7 Å². The van der Waals surface area contributed by atoms with Gasteiger partial charge >= 0.3 is 0 Å². The second-order valence-electron chi connectivity index (χ2n) is 5.20. The summed E-state index contributed by atoms with van der Waals surface area (Å²) < 4.78 is 1.90. The molecule has 0 aliphatic rings. The van der Waals surface area contributed by atoms with Crippen molar-refractivity contribution in [1.82, 2.24) is 0 Å². The van der Waals surface area contributed by atoms with E-state index in [4.69, 9.17) is 0 Å². The first-order chi connectivity index (χ1) is 10.5. The molecule has 0 radical (unpaired) electrons. The summed E-state index contributed by atoms with van der Waals surface area (Å²) in [5.74, 6) is -0.140. The van der Waals surface area contributed by atoms with Gasteiger partial charge in [-0.3, -0.25) is 4.79 Å². The van der Waals surface area contributed by atoms with Gasteiger partial charge in [-0.1, -0.05) is 0 Å². The predicted octanol–water partition coefficient (Wildman–Crippen LogP) is 2.95. The predicted molar refractivity (Wildman–Crippen MR) is 86.9 cm³/mol. The fourth-order valence-electron chi connectivity index (χ4n) is 1.92. The highest BCUT2D eigenvalue weighted by Gasteiger charge is 2.07. The van der Waals surface area contributed by atoms with Crippen LogP contribution in [0.1, 0.15) is 6.92 Å². The number of amides is 1. The molecule has 1 heterocycles. The van der Waals surface area contributed by atoms with Gasteiger partial charge in [0, 0.05) is 32.8 Å². The number of pyridine rings is 1. The summed E-state index contributed by atoms with van der Waals surface area (Å²) in [6.07, 6.45) is 3.80. The third-order valence-corrected chi connectivity index (χ3v) is 3.00. The Kier molecular flexibility index (Phi) is 4.83. The van der Waals surface area contributed by atoms with Crippen molar-refractivity contribution in [2.24, 2.45) is 17.3 Å². The summed E-state index contributed by atoms with van der Waals surface area (Å²) in [4.78, 5) is 13.3. The fourth-order valence-corrected chi connectivity index (χ4v) is 1.92. The topological polar surface area (TPSA) is 60.9 Å². The van der Waals surface area contributed by atoms with Gasteiger partial charge in [0.1, 0.15) is 18.4 Å². The van der Waals surface area contributed by atoms with E-state index >= 15 is 0 Å². The number of rotatable bonds is 4. The second kappa shape index (κ2) is 6.80. The SMILES string of the molecule is CC(=O)Nc1cc(N(C)C)ccc1N=Nc1ccc[n+](C)c1. The van der Waals surface area contributed by atoms with Crippen molar-refractivity contribution >= 4 is 28.7 Å². The molecule has 1 aromatic carbocycles. The number of benzene rings is 1. The molecule has 0 unspecified atom stereocenters. The number of azo groups is 1. The van der Waals surface area contributed by atoms with Crippen LogP contribution in [0.4, 0.5) is 22.7 Å². The number of nitrogens with one attached hydrogen (secondary N) is 1. The van der Waals surface area contributed by atoms with Gasteiger partial charge in [-0.2, -0.15) is 0 Å². The van der Waals surface area contributed by atoms with Crippen LogP contribution in [0.3, 0.4) is 0 Å². The molecular formula is C16H20N5O+. The standard InChI is InChI=1S/C16H19N5O/c1-12(22)17-16-10-14(20(2)3)7-8-15(16)19-18-13-6-5-9-21(4)11-13/h5-11H,1-4H3/p+1. The Hall–Kier alpha value is -2.76. The Balaban J connectivity index is 2.34. The molecule has 2 aromatic rings. The van der Waals surface area contributed by atoms with Crippen LogP contribution in [0.2, 0.25) is 0 Å². The van der Waals surface area contributed by atoms with Crippen LogP contribution in [0.5, 0.6) is 0 Å². The monoisotopic (exact) mass is 298 g/mol. The molecule has 1 amide bonds. The van der Waals surface area contributed by atoms with Crippen molar-refractivity contribution in [2.75, 3.05) is 24.3 Å². The second-order valence-corrected chi connectivity index (χ2v) is 5.20. The minimum absolute atomic E-state index is 0.140. The van der Waals surface area contributed by atoms with Crippen molar-refractivity contribution in [3.8, 4) is 0 Å². The van der Waals surface area contributed by atoms with E-state index in [1.54, 1.807) is 0 Å². The van der Waals surface area contributed by atoms with Gasteiger partial charge < -0.3 is 10.2 Å². The number of nitrogens with zero attached hydrogens (tertiary/aromatic N) is 4. The highest BCUT2D eigenvalue weighted by Crippen LogP contribution is 2.30. The highest BCUT2D eigenvalue weighted by molar-refractivity contribution is 5.92. The maximum atomic E-state index is 11.4. The van der Waals surface area contributed by atoms with E-state index in [0.717, 1.165) is 11.4 Å². The van der Waals surface area contributed by atoms with Gasteiger partial charge in [-0.25, -0.2) is 4.57 Å². The van der Waals surface area contributed by atoms with Crippen molar-refractivity contribution in [3.63, 3.8) is 0 Å². The van der Waals surface area contributed by atoms with Gasteiger partial charge in [0.05, 0.1) is 5.69 Å². The maximum absolute atomic E-state index is 11.4. The smallest absolute Gasteiger partial charge is 0.221 e. The molecule has 6 heteroatoms. The van der Waals surface area contributed by atoms with Crippen LogP contribution in [-0.4, -0.2) is 20.0 Å². The molecule has 0 saturated heterocycles. The summed E-state index contributed by atoms with van der Waals surface area (Å²) in [7, 11) is 5.81. The molecule has 1 aromatic heterocycles. The number of anilines is 2. The third-order valence-electron chi connectivity index (χ3n) is 3.00. The zero-order valence-electron chi connectivity index (χ0n) is 13.2. The van der Waals surface area contributed by atoms with Crippen LogP contribution in [0.25, 0.3) is 0 Å². The quantitative estimate of drug-likeness (QED) is 0.697. The van der Waals surface area contributed by atoms with E-state index in [0.29, 0.717) is 11.4 Å². The first-order valence-electron chi connectivity index (χ1n) is 6.92. The lowest BCUT2D eigenvalue weighted by molar-refractivity contribution is -0.670. The van der Waals surface area contributed by atoms with E-state index < -0.39 is 0 Å². The highest BCUT2D eigenvalue weighted by atomic mass is 16.1. The van der Waals surface area contributed by atoms with Gasteiger partial charge in [0.15, 0.2) is 12.4 Å². The lowest BCUT2D eigenvalue weighted by Crippen LogP contribution is -2.25. The normalized spacial score (nSPS) is 10.7. The third kappa shape index (κ3) is 4.12. The average Bonchev–Trinajstić information content (AvgIpc) is 2.45. The molecule has 0 bridgehead atoms. The summed E-state index contributed by atoms with van der Waals surface area (Å²) in [6, 6.07) is 9.42. The number of carbonyl (C=O) groups is 1. The zero-order valence-corrected chi connectivity index (χ0v) is 13.2. The maximum Gasteiger partial charge on any atom is 0.221 e. The molecule has 1 N–H and O–H groups in total. The first kappa shape index (κ1) is 15.6.